The van der Waals surface area contributed by atoms with E-state index in [1.807, 2.05) is 18.2 Å². The molecule has 2 aromatic rings. The second-order valence-corrected chi connectivity index (χ2v) is 7.98. The predicted octanol–water partition coefficient (Wildman–Crippen LogP) is 1.97. The Balaban J connectivity index is 1.24. The number of halogens is 1. The highest BCUT2D eigenvalue weighted by Crippen LogP contribution is 2.19. The highest BCUT2D eigenvalue weighted by Gasteiger charge is 2.32. The molecule has 5 heteroatoms. The van der Waals surface area contributed by atoms with Crippen LogP contribution in [0.5, 0.6) is 0 Å². The summed E-state index contributed by atoms with van der Waals surface area (Å²) in [6.07, 6.45) is 1.91. The molecule has 0 atom stereocenters. The molecule has 28 heavy (non-hydrogen) atoms. The van der Waals surface area contributed by atoms with Crippen molar-refractivity contribution in [3.63, 3.8) is 0 Å². The van der Waals surface area contributed by atoms with E-state index in [9.17, 15) is 9.18 Å². The normalized spacial score (nSPS) is 22.9. The number of piperazine rings is 1. The van der Waals surface area contributed by atoms with Crippen molar-refractivity contribution >= 4 is 11.6 Å². The average Bonchev–Trinajstić information content (AvgIpc) is 2.76. The summed E-state index contributed by atoms with van der Waals surface area (Å²) in [4.78, 5) is 18.9. The number of benzene rings is 2. The van der Waals surface area contributed by atoms with E-state index in [1.54, 1.807) is 0 Å². The van der Waals surface area contributed by atoms with Crippen LogP contribution < -0.4 is 9.80 Å². The molecule has 2 aliphatic rings. The average molecular weight is 383 g/mol. The second-order valence-electron chi connectivity index (χ2n) is 7.98. The SMILES string of the molecule is O=C(C1CC[NH+](Cc2ccc(F)cc2)CC1)N1CCN(c2ccccc2)CC1. The number of anilines is 1. The lowest BCUT2D eigenvalue weighted by atomic mass is 9.94. The Kier molecular flexibility index (Phi) is 5.91. The zero-order chi connectivity index (χ0) is 19.3. The molecular formula is C23H29FN3O+. The molecule has 2 heterocycles. The Bertz CT molecular complexity index is 764. The Labute approximate surface area is 166 Å². The summed E-state index contributed by atoms with van der Waals surface area (Å²) in [5.41, 5.74) is 2.41. The zero-order valence-corrected chi connectivity index (χ0v) is 16.3. The molecule has 0 spiro atoms. The Morgan fingerprint density at radius 3 is 2.21 bits per heavy atom. The summed E-state index contributed by atoms with van der Waals surface area (Å²) in [7, 11) is 0. The third kappa shape index (κ3) is 4.53. The van der Waals surface area contributed by atoms with Crippen LogP contribution in [0.3, 0.4) is 0 Å². The molecule has 1 N–H and O–H groups in total. The first-order valence-corrected chi connectivity index (χ1v) is 10.4. The van der Waals surface area contributed by atoms with Crippen LogP contribution in [0.1, 0.15) is 18.4 Å². The largest absolute Gasteiger partial charge is 0.368 e. The quantitative estimate of drug-likeness (QED) is 0.876. The van der Waals surface area contributed by atoms with Crippen LogP contribution in [0.4, 0.5) is 10.1 Å². The van der Waals surface area contributed by atoms with Crippen LogP contribution in [0.25, 0.3) is 0 Å². The third-order valence-electron chi connectivity index (χ3n) is 6.12. The number of likely N-dealkylation sites (tertiary alicyclic amines) is 1. The predicted molar refractivity (Wildman–Crippen MR) is 109 cm³/mol. The maximum atomic E-state index is 13.1. The van der Waals surface area contributed by atoms with Gasteiger partial charge in [0.05, 0.1) is 13.1 Å². The molecule has 0 bridgehead atoms. The van der Waals surface area contributed by atoms with Crippen molar-refractivity contribution < 1.29 is 14.1 Å². The number of nitrogens with one attached hydrogen (secondary N) is 1. The van der Waals surface area contributed by atoms with Gasteiger partial charge in [-0.25, -0.2) is 4.39 Å². The molecule has 2 aromatic carbocycles. The van der Waals surface area contributed by atoms with Gasteiger partial charge in [0.1, 0.15) is 12.4 Å². The highest BCUT2D eigenvalue weighted by molar-refractivity contribution is 5.79. The number of rotatable bonds is 4. The van der Waals surface area contributed by atoms with Gasteiger partial charge in [0, 0.05) is 56.2 Å². The van der Waals surface area contributed by atoms with Crippen molar-refractivity contribution in [2.24, 2.45) is 5.92 Å². The van der Waals surface area contributed by atoms with E-state index in [0.717, 1.165) is 58.7 Å². The minimum atomic E-state index is -0.185. The summed E-state index contributed by atoms with van der Waals surface area (Å²) < 4.78 is 13.1. The minimum absolute atomic E-state index is 0.167. The molecule has 1 amide bonds. The van der Waals surface area contributed by atoms with E-state index in [2.05, 4.69) is 34.1 Å². The second kappa shape index (κ2) is 8.74. The van der Waals surface area contributed by atoms with Gasteiger partial charge in [-0.05, 0) is 24.3 Å². The van der Waals surface area contributed by atoms with Gasteiger partial charge in [-0.15, -0.1) is 0 Å². The monoisotopic (exact) mass is 382 g/mol. The van der Waals surface area contributed by atoms with Gasteiger partial charge in [-0.1, -0.05) is 30.3 Å². The molecule has 0 aromatic heterocycles. The number of nitrogens with zero attached hydrogens (tertiary/aromatic N) is 2. The van der Waals surface area contributed by atoms with E-state index in [-0.39, 0.29) is 11.7 Å². The number of quaternary nitrogens is 1. The van der Waals surface area contributed by atoms with Gasteiger partial charge in [-0.3, -0.25) is 4.79 Å². The standard InChI is InChI=1S/C23H28FN3O/c24-21-8-6-19(7-9-21)18-25-12-10-20(11-13-25)23(28)27-16-14-26(15-17-27)22-4-2-1-3-5-22/h1-9,20H,10-18H2/p+1. The molecular weight excluding hydrogens is 353 g/mol. The molecule has 2 fully saturated rings. The van der Waals surface area contributed by atoms with Gasteiger partial charge in [0.25, 0.3) is 0 Å². The topological polar surface area (TPSA) is 28.0 Å². The minimum Gasteiger partial charge on any atom is -0.368 e. The smallest absolute Gasteiger partial charge is 0.226 e. The van der Waals surface area contributed by atoms with Gasteiger partial charge >= 0.3 is 0 Å². The molecule has 0 unspecified atom stereocenters. The van der Waals surface area contributed by atoms with E-state index < -0.39 is 0 Å². The van der Waals surface area contributed by atoms with Gasteiger partial charge in [-0.2, -0.15) is 0 Å². The van der Waals surface area contributed by atoms with Crippen LogP contribution in [0, 0.1) is 11.7 Å². The Morgan fingerprint density at radius 2 is 1.57 bits per heavy atom. The molecule has 4 nitrogen and oxygen atoms in total. The summed E-state index contributed by atoms with van der Waals surface area (Å²) >= 11 is 0. The number of carbonyl (C=O) groups excluding carboxylic acids is 1. The van der Waals surface area contributed by atoms with Crippen molar-refractivity contribution in [3.05, 3.63) is 66.0 Å². The Hall–Kier alpha value is -2.40. The van der Waals surface area contributed by atoms with Crippen LogP contribution in [-0.2, 0) is 11.3 Å². The number of carbonyl (C=O) groups is 1. The van der Waals surface area contributed by atoms with Crippen LogP contribution in [0.2, 0.25) is 0 Å². The van der Waals surface area contributed by atoms with Crippen molar-refractivity contribution in [2.45, 2.75) is 19.4 Å². The fourth-order valence-electron chi connectivity index (χ4n) is 4.42. The number of para-hydroxylation sites is 1. The first kappa shape index (κ1) is 18.9. The van der Waals surface area contributed by atoms with Crippen molar-refractivity contribution in [1.82, 2.24) is 4.90 Å². The highest BCUT2D eigenvalue weighted by atomic mass is 19.1. The summed E-state index contributed by atoms with van der Waals surface area (Å²) in [6.45, 7) is 6.38. The summed E-state index contributed by atoms with van der Waals surface area (Å²) in [5, 5.41) is 0. The van der Waals surface area contributed by atoms with Crippen LogP contribution >= 0.6 is 0 Å². The number of piperidine rings is 1. The lowest BCUT2D eigenvalue weighted by molar-refractivity contribution is -0.919. The van der Waals surface area contributed by atoms with Crippen molar-refractivity contribution in [2.75, 3.05) is 44.2 Å². The lowest BCUT2D eigenvalue weighted by Gasteiger charge is -2.38. The molecule has 0 radical (unpaired) electrons. The Morgan fingerprint density at radius 1 is 0.929 bits per heavy atom. The maximum Gasteiger partial charge on any atom is 0.226 e. The van der Waals surface area contributed by atoms with Crippen LogP contribution in [0.15, 0.2) is 54.6 Å². The molecule has 148 valence electrons. The number of hydrogen-bond acceptors (Lipinski definition) is 2. The zero-order valence-electron chi connectivity index (χ0n) is 16.3. The third-order valence-corrected chi connectivity index (χ3v) is 6.12. The number of amides is 1. The first-order chi connectivity index (χ1) is 13.7. The molecule has 0 saturated carbocycles. The molecule has 2 saturated heterocycles. The number of hydrogen-bond donors (Lipinski definition) is 1. The van der Waals surface area contributed by atoms with Gasteiger partial charge < -0.3 is 14.7 Å². The maximum absolute atomic E-state index is 13.1. The molecule has 0 aliphatic carbocycles. The van der Waals surface area contributed by atoms with Crippen LogP contribution in [-0.4, -0.2) is 50.1 Å². The lowest BCUT2D eigenvalue weighted by Crippen LogP contribution is -3.11. The van der Waals surface area contributed by atoms with E-state index >= 15 is 0 Å². The van der Waals surface area contributed by atoms with Gasteiger partial charge in [0.2, 0.25) is 5.91 Å². The summed E-state index contributed by atoms with van der Waals surface area (Å²) in [5.74, 6) is 0.323. The van der Waals surface area contributed by atoms with Gasteiger partial charge in [0.15, 0.2) is 0 Å². The molecule has 4 rings (SSSR count). The van der Waals surface area contributed by atoms with Crippen molar-refractivity contribution in [1.29, 1.82) is 0 Å². The van der Waals surface area contributed by atoms with E-state index in [4.69, 9.17) is 0 Å². The van der Waals surface area contributed by atoms with E-state index in [1.165, 1.54) is 28.3 Å². The molecule has 2 aliphatic heterocycles. The van der Waals surface area contributed by atoms with Crippen molar-refractivity contribution in [3.8, 4) is 0 Å². The first-order valence-electron chi connectivity index (χ1n) is 10.4. The fourth-order valence-corrected chi connectivity index (χ4v) is 4.42. The van der Waals surface area contributed by atoms with E-state index in [0.29, 0.717) is 5.91 Å². The summed E-state index contributed by atoms with van der Waals surface area (Å²) in [6, 6.07) is 17.2. The fraction of sp³-hybridized carbons (Fsp3) is 0.435.